The molecule has 3 heterocycles. The highest BCUT2D eigenvalue weighted by atomic mass is 79.9. The third kappa shape index (κ3) is 2.47. The van der Waals surface area contributed by atoms with Gasteiger partial charge in [0.2, 0.25) is 0 Å². The van der Waals surface area contributed by atoms with Gasteiger partial charge in [-0.2, -0.15) is 5.10 Å². The van der Waals surface area contributed by atoms with Gasteiger partial charge < -0.3 is 0 Å². The number of fused-ring (bicyclic) bond motifs is 3. The summed E-state index contributed by atoms with van der Waals surface area (Å²) in [6.07, 6.45) is 1.41. The Kier molecular flexibility index (Phi) is 3.82. The highest BCUT2D eigenvalue weighted by Gasteiger charge is 2.39. The molecular weight excluding hydrogens is 444 g/mol. The first-order valence-electron chi connectivity index (χ1n) is 8.32. The number of pyridine rings is 1. The Balaban J connectivity index is 1.72. The number of H-pyrrole nitrogens is 1. The standard InChI is InChI=1S/C20H10BrClN4O2/c21-11-3-7-13(8-4-11)26-19(27)14-9-23-18-16(15(14)20(26)28)17(24-25-18)10-1-5-12(22)6-2-10/h1-9H,(H,23,24,25). The Bertz CT molecular complexity index is 1270. The maximum absolute atomic E-state index is 13.2. The third-order valence-corrected chi connectivity index (χ3v) is 5.43. The topological polar surface area (TPSA) is 79.0 Å². The minimum Gasteiger partial charge on any atom is -0.275 e. The molecule has 2 amide bonds. The Morgan fingerprint density at radius 3 is 2.39 bits per heavy atom. The molecule has 0 radical (unpaired) electrons. The smallest absolute Gasteiger partial charge is 0.267 e. The molecule has 1 aliphatic heterocycles. The fourth-order valence-electron chi connectivity index (χ4n) is 3.35. The summed E-state index contributed by atoms with van der Waals surface area (Å²) in [7, 11) is 0. The molecule has 0 unspecified atom stereocenters. The molecule has 6 nitrogen and oxygen atoms in total. The maximum atomic E-state index is 13.2. The number of nitrogens with one attached hydrogen (secondary N) is 1. The summed E-state index contributed by atoms with van der Waals surface area (Å²) in [6.45, 7) is 0. The molecule has 136 valence electrons. The molecule has 0 saturated heterocycles. The zero-order chi connectivity index (χ0) is 19.4. The molecule has 28 heavy (non-hydrogen) atoms. The normalized spacial score (nSPS) is 13.4. The van der Waals surface area contributed by atoms with Crippen LogP contribution in [0.15, 0.2) is 59.2 Å². The molecule has 2 aromatic heterocycles. The number of carbonyl (C=O) groups excluding carboxylic acids is 2. The monoisotopic (exact) mass is 452 g/mol. The number of amides is 2. The number of hydrogen-bond acceptors (Lipinski definition) is 4. The van der Waals surface area contributed by atoms with Crippen molar-refractivity contribution in [3.8, 4) is 11.3 Å². The van der Waals surface area contributed by atoms with Crippen LogP contribution >= 0.6 is 27.5 Å². The number of rotatable bonds is 2. The van der Waals surface area contributed by atoms with Crippen LogP contribution in [0.2, 0.25) is 5.02 Å². The zero-order valence-electron chi connectivity index (χ0n) is 14.1. The van der Waals surface area contributed by atoms with E-state index >= 15 is 0 Å². The average molecular weight is 454 g/mol. The van der Waals surface area contributed by atoms with Gasteiger partial charge in [-0.25, -0.2) is 9.88 Å². The molecule has 1 N–H and O–H groups in total. The van der Waals surface area contributed by atoms with E-state index in [-0.39, 0.29) is 5.56 Å². The zero-order valence-corrected chi connectivity index (χ0v) is 16.5. The van der Waals surface area contributed by atoms with Crippen molar-refractivity contribution < 1.29 is 9.59 Å². The number of hydrogen-bond donors (Lipinski definition) is 1. The fraction of sp³-hybridized carbons (Fsp3) is 0. The summed E-state index contributed by atoms with van der Waals surface area (Å²) in [5.74, 6) is -0.800. The molecule has 0 fully saturated rings. The van der Waals surface area contributed by atoms with E-state index in [9.17, 15) is 9.59 Å². The fourth-order valence-corrected chi connectivity index (χ4v) is 3.74. The lowest BCUT2D eigenvalue weighted by molar-refractivity contribution is 0.0926. The van der Waals surface area contributed by atoms with Gasteiger partial charge in [-0.3, -0.25) is 14.7 Å². The van der Waals surface area contributed by atoms with Crippen molar-refractivity contribution in [2.45, 2.75) is 0 Å². The van der Waals surface area contributed by atoms with Crippen LogP contribution in [0.1, 0.15) is 20.7 Å². The van der Waals surface area contributed by atoms with E-state index in [0.29, 0.717) is 33.0 Å². The van der Waals surface area contributed by atoms with Crippen molar-refractivity contribution in [3.05, 3.63) is 75.4 Å². The largest absolute Gasteiger partial charge is 0.275 e. The molecule has 0 aliphatic carbocycles. The van der Waals surface area contributed by atoms with E-state index in [2.05, 4.69) is 31.1 Å². The summed E-state index contributed by atoms with van der Waals surface area (Å²) in [5.41, 5.74) is 2.86. The van der Waals surface area contributed by atoms with Crippen LogP contribution in [-0.4, -0.2) is 27.0 Å². The quantitative estimate of drug-likeness (QED) is 0.440. The number of aromatic amines is 1. The van der Waals surface area contributed by atoms with Crippen LogP contribution in [0.4, 0.5) is 5.69 Å². The first kappa shape index (κ1) is 17.1. The van der Waals surface area contributed by atoms with Crippen molar-refractivity contribution in [1.29, 1.82) is 0 Å². The first-order chi connectivity index (χ1) is 13.5. The first-order valence-corrected chi connectivity index (χ1v) is 9.49. The van der Waals surface area contributed by atoms with Gasteiger partial charge in [0.15, 0.2) is 5.65 Å². The number of carbonyl (C=O) groups is 2. The van der Waals surface area contributed by atoms with Gasteiger partial charge in [0.05, 0.1) is 27.9 Å². The average Bonchev–Trinajstić information content (AvgIpc) is 3.23. The highest BCUT2D eigenvalue weighted by Crippen LogP contribution is 2.36. The van der Waals surface area contributed by atoms with E-state index in [1.807, 2.05) is 12.1 Å². The van der Waals surface area contributed by atoms with Crippen molar-refractivity contribution >= 4 is 56.1 Å². The van der Waals surface area contributed by atoms with Crippen molar-refractivity contribution in [2.75, 3.05) is 4.90 Å². The molecule has 4 aromatic rings. The SMILES string of the molecule is O=C1c2cnc3n[nH]c(-c4ccc(Cl)cc4)c3c2C(=O)N1c1ccc(Br)cc1. The van der Waals surface area contributed by atoms with Crippen molar-refractivity contribution in [2.24, 2.45) is 0 Å². The summed E-state index contributed by atoms with van der Waals surface area (Å²) in [5, 5.41) is 8.27. The Hall–Kier alpha value is -3.03. The second-order valence-electron chi connectivity index (χ2n) is 6.27. The molecular formula is C20H10BrClN4O2. The van der Waals surface area contributed by atoms with E-state index in [0.717, 1.165) is 14.9 Å². The number of halogens is 2. The molecule has 0 atom stereocenters. The maximum Gasteiger partial charge on any atom is 0.267 e. The predicted octanol–water partition coefficient (Wildman–Crippen LogP) is 4.84. The van der Waals surface area contributed by atoms with Crippen molar-refractivity contribution in [3.63, 3.8) is 0 Å². The van der Waals surface area contributed by atoms with E-state index in [1.54, 1.807) is 36.4 Å². The lowest BCUT2D eigenvalue weighted by Gasteiger charge is -2.13. The van der Waals surface area contributed by atoms with Gasteiger partial charge in [-0.15, -0.1) is 0 Å². The number of aromatic nitrogens is 3. The third-order valence-electron chi connectivity index (χ3n) is 4.65. The van der Waals surface area contributed by atoms with Gasteiger partial charge in [-0.05, 0) is 36.4 Å². The number of anilines is 1. The molecule has 2 aromatic carbocycles. The van der Waals surface area contributed by atoms with E-state index in [4.69, 9.17) is 11.6 Å². The van der Waals surface area contributed by atoms with Gasteiger partial charge in [0.1, 0.15) is 0 Å². The van der Waals surface area contributed by atoms with Crippen LogP contribution in [-0.2, 0) is 0 Å². The molecule has 0 spiro atoms. The Morgan fingerprint density at radius 2 is 1.68 bits per heavy atom. The minimum atomic E-state index is -0.403. The van der Waals surface area contributed by atoms with Gasteiger partial charge >= 0.3 is 0 Å². The number of nitrogens with zero attached hydrogens (tertiary/aromatic N) is 3. The van der Waals surface area contributed by atoms with Gasteiger partial charge in [0.25, 0.3) is 11.8 Å². The van der Waals surface area contributed by atoms with E-state index in [1.165, 1.54) is 6.20 Å². The summed E-state index contributed by atoms with van der Waals surface area (Å²) < 4.78 is 0.858. The highest BCUT2D eigenvalue weighted by molar-refractivity contribution is 9.10. The van der Waals surface area contributed by atoms with Gasteiger partial charge in [0, 0.05) is 21.3 Å². The molecule has 0 saturated carbocycles. The van der Waals surface area contributed by atoms with Crippen LogP contribution < -0.4 is 4.90 Å². The summed E-state index contributed by atoms with van der Waals surface area (Å²) in [6, 6.07) is 14.1. The lowest BCUT2D eigenvalue weighted by Crippen LogP contribution is -2.29. The van der Waals surface area contributed by atoms with Crippen LogP contribution in [0.3, 0.4) is 0 Å². The molecule has 8 heteroatoms. The lowest BCUT2D eigenvalue weighted by atomic mass is 10.0. The van der Waals surface area contributed by atoms with Crippen molar-refractivity contribution in [1.82, 2.24) is 15.2 Å². The Morgan fingerprint density at radius 1 is 0.964 bits per heavy atom. The van der Waals surface area contributed by atoms with Gasteiger partial charge in [-0.1, -0.05) is 39.7 Å². The summed E-state index contributed by atoms with van der Waals surface area (Å²) in [4.78, 5) is 31.6. The number of benzene rings is 2. The second kappa shape index (κ2) is 6.25. The summed E-state index contributed by atoms with van der Waals surface area (Å²) >= 11 is 9.34. The van der Waals surface area contributed by atoms with Crippen LogP contribution in [0.25, 0.3) is 22.3 Å². The molecule has 0 bridgehead atoms. The molecule has 5 rings (SSSR count). The Labute approximate surface area is 172 Å². The molecule has 1 aliphatic rings. The number of imide groups is 1. The van der Waals surface area contributed by atoms with E-state index < -0.39 is 11.8 Å². The van der Waals surface area contributed by atoms with Crippen LogP contribution in [0, 0.1) is 0 Å². The van der Waals surface area contributed by atoms with Crippen LogP contribution in [0.5, 0.6) is 0 Å². The minimum absolute atomic E-state index is 0.261. The predicted molar refractivity (Wildman–Crippen MR) is 110 cm³/mol. The second-order valence-corrected chi connectivity index (χ2v) is 7.63.